The van der Waals surface area contributed by atoms with Crippen LogP contribution in [0.25, 0.3) is 0 Å². The molecule has 2 fully saturated rings. The molecule has 0 radical (unpaired) electrons. The average molecular weight is 585 g/mol. The zero-order valence-electron chi connectivity index (χ0n) is 24.6. The van der Waals surface area contributed by atoms with Crippen LogP contribution in [0.15, 0.2) is 54.6 Å². The van der Waals surface area contributed by atoms with E-state index < -0.39 is 8.97 Å². The van der Waals surface area contributed by atoms with Crippen molar-refractivity contribution in [3.63, 3.8) is 0 Å². The molecule has 10 nitrogen and oxygen atoms in total. The number of aryl methyl sites for hydroxylation is 1. The number of rotatable bonds is 10. The van der Waals surface area contributed by atoms with Crippen LogP contribution in [0.3, 0.4) is 0 Å². The summed E-state index contributed by atoms with van der Waals surface area (Å²) in [4.78, 5) is 56.5. The minimum absolute atomic E-state index is 0.000727. The quantitative estimate of drug-likeness (QED) is 0.208. The van der Waals surface area contributed by atoms with E-state index in [0.29, 0.717) is 35.6 Å². The van der Waals surface area contributed by atoms with Crippen LogP contribution in [0.5, 0.6) is 0 Å². The Bertz CT molecular complexity index is 1570. The number of imide groups is 2. The number of carbonyl (C=O) groups excluding carboxylic acids is 4. The molecule has 43 heavy (non-hydrogen) atoms. The molecule has 2 aliphatic heterocycles. The van der Waals surface area contributed by atoms with Gasteiger partial charge < -0.3 is 22.9 Å². The molecule has 0 saturated carbocycles. The van der Waals surface area contributed by atoms with Gasteiger partial charge in [0.25, 0.3) is 0 Å². The maximum Gasteiger partial charge on any atom is 0.327 e. The Kier molecular flexibility index (Phi) is 8.53. The molecule has 0 unspecified atom stereocenters. The first-order valence-electron chi connectivity index (χ1n) is 14.7. The van der Waals surface area contributed by atoms with Gasteiger partial charge in [0.05, 0.1) is 25.7 Å². The van der Waals surface area contributed by atoms with Crippen molar-refractivity contribution >= 4 is 35.0 Å². The Hall–Kier alpha value is -3.90. The van der Waals surface area contributed by atoms with Gasteiger partial charge in [-0.2, -0.15) is 8.97 Å². The number of likely N-dealkylation sites (tertiary alicyclic amines) is 2. The van der Waals surface area contributed by atoms with Crippen molar-refractivity contribution in [2.45, 2.75) is 71.9 Å². The lowest BCUT2D eigenvalue weighted by Gasteiger charge is -2.37. The molecule has 2 heterocycles. The van der Waals surface area contributed by atoms with Crippen LogP contribution < -0.4 is 31.9 Å². The number of benzene rings is 3. The first kappa shape index (κ1) is 30.6. The molecule has 0 bridgehead atoms. The Morgan fingerprint density at radius 1 is 0.535 bits per heavy atom. The third-order valence-electron chi connectivity index (χ3n) is 9.03. The molecule has 0 spiro atoms. The lowest BCUT2D eigenvalue weighted by atomic mass is 9.94. The van der Waals surface area contributed by atoms with Crippen LogP contribution in [0.1, 0.15) is 64.6 Å². The van der Waals surface area contributed by atoms with Crippen molar-refractivity contribution in [1.29, 1.82) is 0 Å². The fourth-order valence-corrected chi connectivity index (χ4v) is 6.74. The predicted octanol–water partition coefficient (Wildman–Crippen LogP) is 2.54. The monoisotopic (exact) mass is 584 g/mol. The second kappa shape index (κ2) is 12.0. The zero-order chi connectivity index (χ0) is 30.9. The first-order valence-corrected chi connectivity index (χ1v) is 14.7. The molecule has 3 aromatic rings. The SMILES string of the molecule is Cc1cc(CN)c([N+]2(Cc3ccc(CN)cc3)C(=O)CCC2=O)c([N+]2(Cc3ccc(CN)cc3)C(=O)CCC2=O)c1CN. The predicted molar refractivity (Wildman–Crippen MR) is 165 cm³/mol. The molecule has 10 heteroatoms. The normalized spacial score (nSPS) is 17.7. The Balaban J connectivity index is 1.86. The second-order valence-electron chi connectivity index (χ2n) is 11.5. The van der Waals surface area contributed by atoms with Crippen LogP contribution in [-0.4, -0.2) is 23.6 Å². The Morgan fingerprint density at radius 2 is 0.907 bits per heavy atom. The first-order chi connectivity index (χ1) is 20.7. The minimum atomic E-state index is -0.663. The van der Waals surface area contributed by atoms with Crippen LogP contribution in [0, 0.1) is 6.92 Å². The molecular formula is C33H40N6O4+2. The van der Waals surface area contributed by atoms with Crippen molar-refractivity contribution in [2.24, 2.45) is 22.9 Å². The van der Waals surface area contributed by atoms with E-state index in [-0.39, 0.29) is 75.5 Å². The van der Waals surface area contributed by atoms with E-state index in [2.05, 4.69) is 0 Å². The van der Waals surface area contributed by atoms with E-state index in [0.717, 1.165) is 27.8 Å². The number of nitrogens with zero attached hydrogens (tertiary/aromatic N) is 2. The maximum absolute atomic E-state index is 14.1. The Morgan fingerprint density at radius 3 is 1.26 bits per heavy atom. The smallest absolute Gasteiger partial charge is 0.326 e. The highest BCUT2D eigenvalue weighted by molar-refractivity contribution is 6.21. The van der Waals surface area contributed by atoms with Crippen molar-refractivity contribution in [2.75, 3.05) is 0 Å². The van der Waals surface area contributed by atoms with Crippen LogP contribution >= 0.6 is 0 Å². The fourth-order valence-electron chi connectivity index (χ4n) is 6.74. The van der Waals surface area contributed by atoms with Gasteiger partial charge in [0.1, 0.15) is 13.1 Å². The van der Waals surface area contributed by atoms with E-state index in [1.807, 2.05) is 61.5 Å². The van der Waals surface area contributed by atoms with E-state index in [9.17, 15) is 19.2 Å². The molecule has 5 rings (SSSR count). The summed E-state index contributed by atoms with van der Waals surface area (Å²) in [5.74, 6) is -1.22. The van der Waals surface area contributed by atoms with Gasteiger partial charge in [0.15, 0.2) is 0 Å². The molecule has 2 saturated heterocycles. The van der Waals surface area contributed by atoms with Crippen LogP contribution in [-0.2, 0) is 58.4 Å². The van der Waals surface area contributed by atoms with Crippen LogP contribution in [0.4, 0.5) is 11.4 Å². The number of hydrogen-bond acceptors (Lipinski definition) is 8. The third-order valence-corrected chi connectivity index (χ3v) is 9.03. The lowest BCUT2D eigenvalue weighted by Crippen LogP contribution is -2.59. The second-order valence-corrected chi connectivity index (χ2v) is 11.5. The standard InChI is InChI=1S/C33H40N6O4/c1-21-14-26(17-36)32(38(28(40)10-11-29(38)41)19-24-6-2-22(15-34)3-7-24)33(27(21)18-37)39(30(42)12-13-31(39)43)20-25-8-4-23(16-35)5-9-25/h2-9,14H,10-13,15-20,34-37H2,1H3/q+2. The summed E-state index contributed by atoms with van der Waals surface area (Å²) in [6.07, 6.45) is 0.157. The van der Waals surface area contributed by atoms with Gasteiger partial charge in [0.2, 0.25) is 11.4 Å². The van der Waals surface area contributed by atoms with Gasteiger partial charge >= 0.3 is 23.6 Å². The van der Waals surface area contributed by atoms with Crippen molar-refractivity contribution in [3.05, 3.63) is 93.5 Å². The molecular weight excluding hydrogens is 544 g/mol. The van der Waals surface area contributed by atoms with Crippen LogP contribution in [0.2, 0.25) is 0 Å². The summed E-state index contributed by atoms with van der Waals surface area (Å²) >= 11 is 0. The van der Waals surface area contributed by atoms with E-state index in [1.54, 1.807) is 0 Å². The average Bonchev–Trinajstić information content (AvgIpc) is 3.46. The van der Waals surface area contributed by atoms with Crippen molar-refractivity contribution in [1.82, 2.24) is 8.97 Å². The van der Waals surface area contributed by atoms with E-state index in [4.69, 9.17) is 22.9 Å². The number of carbonyl (C=O) groups is 4. The van der Waals surface area contributed by atoms with Gasteiger partial charge in [-0.15, -0.1) is 0 Å². The summed E-state index contributed by atoms with van der Waals surface area (Å²) in [7, 11) is 0. The minimum Gasteiger partial charge on any atom is -0.326 e. The molecule has 2 aliphatic rings. The molecule has 0 aromatic heterocycles. The summed E-state index contributed by atoms with van der Waals surface area (Å²) in [5.41, 5.74) is 30.2. The number of quaternary nitrogens is 2. The topological polar surface area (TPSA) is 172 Å². The van der Waals surface area contributed by atoms with Gasteiger partial charge in [-0.05, 0) is 29.7 Å². The largest absolute Gasteiger partial charge is 0.327 e. The highest BCUT2D eigenvalue weighted by atomic mass is 16.2. The summed E-state index contributed by atoms with van der Waals surface area (Å²) in [5, 5.41) is 0. The van der Waals surface area contributed by atoms with Crippen molar-refractivity contribution in [3.8, 4) is 0 Å². The molecule has 3 aromatic carbocycles. The zero-order valence-corrected chi connectivity index (χ0v) is 24.6. The number of amides is 4. The highest BCUT2D eigenvalue weighted by Gasteiger charge is 2.62. The van der Waals surface area contributed by atoms with Gasteiger partial charge in [0, 0.05) is 48.4 Å². The summed E-state index contributed by atoms with van der Waals surface area (Å²) < 4.78 is -1.32. The third kappa shape index (κ3) is 4.96. The van der Waals surface area contributed by atoms with Gasteiger partial charge in [-0.25, -0.2) is 19.2 Å². The molecule has 224 valence electrons. The van der Waals surface area contributed by atoms with Gasteiger partial charge in [-0.3, -0.25) is 0 Å². The molecule has 4 amide bonds. The maximum atomic E-state index is 14.1. The number of nitrogens with two attached hydrogens (primary N) is 4. The molecule has 0 aliphatic carbocycles. The van der Waals surface area contributed by atoms with Crippen molar-refractivity contribution < 1.29 is 19.2 Å². The number of hydrogen-bond donors (Lipinski definition) is 4. The fraction of sp³-hybridized carbons (Fsp3) is 0.333. The Labute approximate surface area is 251 Å². The lowest BCUT2D eigenvalue weighted by molar-refractivity contribution is -0.141. The molecule has 8 N–H and O–H groups in total. The summed E-state index contributed by atoms with van der Waals surface area (Å²) in [6, 6.07) is 16.8. The van der Waals surface area contributed by atoms with E-state index >= 15 is 0 Å². The highest BCUT2D eigenvalue weighted by Crippen LogP contribution is 2.51. The van der Waals surface area contributed by atoms with Gasteiger partial charge in [-0.1, -0.05) is 48.5 Å². The van der Waals surface area contributed by atoms with E-state index in [1.165, 1.54) is 0 Å². The summed E-state index contributed by atoms with van der Waals surface area (Å²) in [6.45, 7) is 2.59. The molecule has 0 atom stereocenters.